The molecule has 2 atom stereocenters. The first-order valence-electron chi connectivity index (χ1n) is 10.3. The molecule has 1 aliphatic heterocycles. The fourth-order valence-electron chi connectivity index (χ4n) is 3.88. The van der Waals surface area contributed by atoms with Crippen molar-refractivity contribution < 1.29 is 9.59 Å². The maximum Gasteiger partial charge on any atom is 0.258 e. The molecule has 7 heteroatoms. The predicted molar refractivity (Wildman–Crippen MR) is 114 cm³/mol. The van der Waals surface area contributed by atoms with Crippen LogP contribution in [-0.4, -0.2) is 45.6 Å². The Balaban J connectivity index is 1.75. The quantitative estimate of drug-likeness (QED) is 0.774. The first-order valence-corrected chi connectivity index (χ1v) is 10.7. The fourth-order valence-corrected chi connectivity index (χ4v) is 4.23. The van der Waals surface area contributed by atoms with Gasteiger partial charge < -0.3 is 10.2 Å². The third-order valence-corrected chi connectivity index (χ3v) is 5.76. The number of hydrogen-bond acceptors (Lipinski definition) is 3. The fraction of sp³-hybridized carbons (Fsp3) is 0.500. The van der Waals surface area contributed by atoms with Gasteiger partial charge in [0.15, 0.2) is 0 Å². The van der Waals surface area contributed by atoms with E-state index in [1.165, 1.54) is 0 Å². The average molecular weight is 417 g/mol. The monoisotopic (exact) mass is 416 g/mol. The lowest BCUT2D eigenvalue weighted by Gasteiger charge is -2.32. The zero-order chi connectivity index (χ0) is 21.0. The van der Waals surface area contributed by atoms with E-state index < -0.39 is 0 Å². The van der Waals surface area contributed by atoms with Gasteiger partial charge in [-0.05, 0) is 45.2 Å². The Morgan fingerprint density at radius 2 is 2.03 bits per heavy atom. The molecule has 3 rings (SSSR count). The first-order chi connectivity index (χ1) is 13.9. The number of nitrogens with one attached hydrogen (secondary N) is 1. The second-order valence-corrected chi connectivity index (χ2v) is 8.15. The number of para-hydroxylation sites is 1. The van der Waals surface area contributed by atoms with E-state index in [0.717, 1.165) is 31.4 Å². The van der Waals surface area contributed by atoms with Crippen LogP contribution < -0.4 is 5.32 Å². The number of rotatable bonds is 6. The summed E-state index contributed by atoms with van der Waals surface area (Å²) in [6, 6.07) is 9.66. The number of benzene rings is 1. The van der Waals surface area contributed by atoms with Gasteiger partial charge in [-0.1, -0.05) is 43.1 Å². The Hall–Kier alpha value is -2.34. The highest BCUT2D eigenvalue weighted by Crippen LogP contribution is 2.27. The summed E-state index contributed by atoms with van der Waals surface area (Å²) in [5.41, 5.74) is 1.81. The van der Waals surface area contributed by atoms with Gasteiger partial charge in [-0.3, -0.25) is 9.59 Å². The summed E-state index contributed by atoms with van der Waals surface area (Å²) in [5.74, 6) is -0.310. The molecule has 0 bridgehead atoms. The van der Waals surface area contributed by atoms with Gasteiger partial charge >= 0.3 is 0 Å². The van der Waals surface area contributed by atoms with E-state index in [0.29, 0.717) is 29.5 Å². The second kappa shape index (κ2) is 9.44. The van der Waals surface area contributed by atoms with Crippen molar-refractivity contribution in [2.24, 2.45) is 5.92 Å². The minimum absolute atomic E-state index is 0.0336. The smallest absolute Gasteiger partial charge is 0.258 e. The van der Waals surface area contributed by atoms with Gasteiger partial charge in [0, 0.05) is 19.1 Å². The van der Waals surface area contributed by atoms with Crippen molar-refractivity contribution in [2.75, 3.05) is 13.1 Å². The van der Waals surface area contributed by atoms with Crippen molar-refractivity contribution >= 4 is 23.4 Å². The molecule has 2 unspecified atom stereocenters. The van der Waals surface area contributed by atoms with Crippen molar-refractivity contribution in [3.05, 3.63) is 46.7 Å². The van der Waals surface area contributed by atoms with Crippen LogP contribution in [0, 0.1) is 12.8 Å². The van der Waals surface area contributed by atoms with Gasteiger partial charge in [0.05, 0.1) is 22.9 Å². The zero-order valence-electron chi connectivity index (χ0n) is 17.3. The van der Waals surface area contributed by atoms with Crippen molar-refractivity contribution in [2.45, 2.75) is 52.5 Å². The number of likely N-dealkylation sites (tertiary alicyclic amines) is 1. The van der Waals surface area contributed by atoms with Crippen LogP contribution >= 0.6 is 11.6 Å². The molecule has 1 fully saturated rings. The van der Waals surface area contributed by atoms with E-state index >= 15 is 0 Å². The molecule has 156 valence electrons. The van der Waals surface area contributed by atoms with Crippen LogP contribution in [-0.2, 0) is 4.79 Å². The number of hydrogen-bond donors (Lipinski definition) is 1. The molecule has 6 nitrogen and oxygen atoms in total. The molecule has 29 heavy (non-hydrogen) atoms. The van der Waals surface area contributed by atoms with E-state index in [-0.39, 0.29) is 23.8 Å². The van der Waals surface area contributed by atoms with Crippen molar-refractivity contribution in [3.8, 4) is 5.69 Å². The number of amides is 2. The molecule has 0 aliphatic carbocycles. The van der Waals surface area contributed by atoms with Crippen LogP contribution in [0.25, 0.3) is 5.69 Å². The Morgan fingerprint density at radius 1 is 1.31 bits per heavy atom. The van der Waals surface area contributed by atoms with Gasteiger partial charge in [-0.25, -0.2) is 4.68 Å². The van der Waals surface area contributed by atoms with Gasteiger partial charge in [0.2, 0.25) is 5.91 Å². The lowest BCUT2D eigenvalue weighted by atomic mass is 9.96. The van der Waals surface area contributed by atoms with Gasteiger partial charge in [-0.2, -0.15) is 5.10 Å². The molecule has 1 N–H and O–H groups in total. The first kappa shape index (κ1) is 21.4. The molecule has 1 aromatic heterocycles. The van der Waals surface area contributed by atoms with E-state index in [2.05, 4.69) is 17.3 Å². The molecular formula is C22H29ClN4O2. The lowest BCUT2D eigenvalue weighted by molar-refractivity contribution is -0.127. The van der Waals surface area contributed by atoms with Crippen molar-refractivity contribution in [3.63, 3.8) is 0 Å². The largest absolute Gasteiger partial charge is 0.353 e. The third kappa shape index (κ3) is 4.81. The number of aromatic nitrogens is 2. The van der Waals surface area contributed by atoms with Crippen LogP contribution in [0.15, 0.2) is 30.3 Å². The number of piperidine rings is 1. The molecular weight excluding hydrogens is 388 g/mol. The van der Waals surface area contributed by atoms with Crippen LogP contribution in [0.5, 0.6) is 0 Å². The molecule has 0 saturated carbocycles. The molecule has 2 aromatic rings. The number of carbonyl (C=O) groups is 2. The summed E-state index contributed by atoms with van der Waals surface area (Å²) in [6.45, 7) is 6.95. The summed E-state index contributed by atoms with van der Waals surface area (Å²) in [7, 11) is 0. The molecule has 1 aliphatic rings. The number of halogens is 1. The summed E-state index contributed by atoms with van der Waals surface area (Å²) in [5, 5.41) is 7.85. The van der Waals surface area contributed by atoms with Crippen LogP contribution in [0.4, 0.5) is 0 Å². The Morgan fingerprint density at radius 3 is 2.72 bits per heavy atom. The molecule has 2 heterocycles. The van der Waals surface area contributed by atoms with Crippen molar-refractivity contribution in [1.82, 2.24) is 20.0 Å². The molecule has 0 radical (unpaired) electrons. The molecule has 1 saturated heterocycles. The summed E-state index contributed by atoms with van der Waals surface area (Å²) in [6.07, 6.45) is 3.58. The lowest BCUT2D eigenvalue weighted by Crippen LogP contribution is -2.47. The molecule has 1 aromatic carbocycles. The third-order valence-electron chi connectivity index (χ3n) is 5.41. The Kier molecular flexibility index (Phi) is 6.96. The molecule has 0 spiro atoms. The minimum Gasteiger partial charge on any atom is -0.353 e. The minimum atomic E-state index is -0.185. The van der Waals surface area contributed by atoms with Gasteiger partial charge in [0.1, 0.15) is 5.15 Å². The summed E-state index contributed by atoms with van der Waals surface area (Å²) >= 11 is 6.55. The standard InChI is InChI=1S/C22H29ClN4O2/c1-4-9-15(2)24-21(28)17-10-8-13-26(14-17)22(29)19-16(3)25-27(20(19)23)18-11-6-5-7-12-18/h5-7,11-12,15,17H,4,8-10,13-14H2,1-3H3,(H,24,28). The van der Waals surface area contributed by atoms with Crippen LogP contribution in [0.3, 0.4) is 0 Å². The predicted octanol–water partition coefficient (Wildman–Crippen LogP) is 3.99. The maximum absolute atomic E-state index is 13.2. The number of nitrogens with zero attached hydrogens (tertiary/aromatic N) is 3. The van der Waals surface area contributed by atoms with Crippen LogP contribution in [0.1, 0.15) is 55.6 Å². The number of aryl methyl sites for hydroxylation is 1. The summed E-state index contributed by atoms with van der Waals surface area (Å²) in [4.78, 5) is 27.6. The highest BCUT2D eigenvalue weighted by molar-refractivity contribution is 6.33. The molecule has 2 amide bonds. The van der Waals surface area contributed by atoms with Gasteiger partial charge in [-0.15, -0.1) is 0 Å². The maximum atomic E-state index is 13.2. The topological polar surface area (TPSA) is 67.2 Å². The van der Waals surface area contributed by atoms with Crippen molar-refractivity contribution in [1.29, 1.82) is 0 Å². The SMILES string of the molecule is CCCC(C)NC(=O)C1CCCN(C(=O)c2c(C)nn(-c3ccccc3)c2Cl)C1. The highest BCUT2D eigenvalue weighted by atomic mass is 35.5. The van der Waals surface area contributed by atoms with Gasteiger partial charge in [0.25, 0.3) is 5.91 Å². The average Bonchev–Trinajstić information content (AvgIpc) is 3.02. The second-order valence-electron chi connectivity index (χ2n) is 7.79. The Bertz CT molecular complexity index is 865. The van der Waals surface area contributed by atoms with E-state index in [1.807, 2.05) is 37.3 Å². The van der Waals surface area contributed by atoms with E-state index in [4.69, 9.17) is 11.6 Å². The Labute approximate surface area is 177 Å². The highest BCUT2D eigenvalue weighted by Gasteiger charge is 2.32. The zero-order valence-corrected chi connectivity index (χ0v) is 18.1. The summed E-state index contributed by atoms with van der Waals surface area (Å²) < 4.78 is 1.59. The van der Waals surface area contributed by atoms with E-state index in [1.54, 1.807) is 16.5 Å². The normalized spacial score (nSPS) is 17.8. The van der Waals surface area contributed by atoms with Crippen LogP contribution in [0.2, 0.25) is 5.15 Å². The van der Waals surface area contributed by atoms with E-state index in [9.17, 15) is 9.59 Å². The number of carbonyl (C=O) groups excluding carboxylic acids is 2.